The van der Waals surface area contributed by atoms with Crippen molar-refractivity contribution in [3.63, 3.8) is 0 Å². The molecule has 84 valence electrons. The highest BCUT2D eigenvalue weighted by Crippen LogP contribution is 1.97. The highest BCUT2D eigenvalue weighted by Gasteiger charge is 2.00. The van der Waals surface area contributed by atoms with E-state index in [0.717, 1.165) is 25.1 Å². The minimum absolute atomic E-state index is 0.0929. The van der Waals surface area contributed by atoms with Crippen molar-refractivity contribution in [2.45, 2.75) is 26.3 Å². The van der Waals surface area contributed by atoms with Crippen molar-refractivity contribution >= 4 is 6.03 Å². The third kappa shape index (κ3) is 4.06. The number of aromatic nitrogens is 1. The summed E-state index contributed by atoms with van der Waals surface area (Å²) >= 11 is 0. The zero-order valence-corrected chi connectivity index (χ0v) is 9.42. The third-order valence-electron chi connectivity index (χ3n) is 2.30. The maximum Gasteiger partial charge on any atom is 0.315 e. The Bertz CT molecular complexity index is 307. The lowest BCUT2D eigenvalue weighted by atomic mass is 10.3. The number of hydrogen-bond donors (Lipinski definition) is 2. The number of carbonyl (C=O) groups excluding carboxylic acids is 1. The van der Waals surface area contributed by atoms with Crippen molar-refractivity contribution in [2.24, 2.45) is 7.05 Å². The molecule has 0 fully saturated rings. The maximum atomic E-state index is 11.3. The number of carbonyl (C=O) groups is 1. The second-order valence-electron chi connectivity index (χ2n) is 3.57. The third-order valence-corrected chi connectivity index (χ3v) is 2.30. The lowest BCUT2D eigenvalue weighted by Gasteiger charge is -2.07. The minimum Gasteiger partial charge on any atom is -0.353 e. The van der Waals surface area contributed by atoms with Gasteiger partial charge in [-0.3, -0.25) is 0 Å². The molecule has 2 amide bonds. The summed E-state index contributed by atoms with van der Waals surface area (Å²) < 4.78 is 1.99. The number of urea groups is 1. The van der Waals surface area contributed by atoms with E-state index in [4.69, 9.17) is 0 Å². The molecular formula is C11H19N3O. The zero-order valence-electron chi connectivity index (χ0n) is 9.42. The molecule has 0 saturated heterocycles. The number of unbranched alkanes of at least 4 members (excludes halogenated alkanes) is 1. The molecule has 0 radical (unpaired) electrons. The molecular weight excluding hydrogens is 190 g/mol. The van der Waals surface area contributed by atoms with Gasteiger partial charge in [0.1, 0.15) is 0 Å². The van der Waals surface area contributed by atoms with Gasteiger partial charge in [0.2, 0.25) is 0 Å². The molecule has 15 heavy (non-hydrogen) atoms. The highest BCUT2D eigenvalue weighted by molar-refractivity contribution is 5.73. The second-order valence-corrected chi connectivity index (χ2v) is 3.57. The van der Waals surface area contributed by atoms with Gasteiger partial charge in [-0.1, -0.05) is 13.3 Å². The molecule has 0 aliphatic carbocycles. The van der Waals surface area contributed by atoms with Gasteiger partial charge in [-0.05, 0) is 18.6 Å². The lowest BCUT2D eigenvalue weighted by molar-refractivity contribution is 0.240. The molecule has 0 atom stereocenters. The summed E-state index contributed by atoms with van der Waals surface area (Å²) in [4.78, 5) is 11.3. The Balaban J connectivity index is 2.20. The van der Waals surface area contributed by atoms with Gasteiger partial charge in [-0.15, -0.1) is 0 Å². The van der Waals surface area contributed by atoms with Crippen LogP contribution in [0.4, 0.5) is 4.79 Å². The van der Waals surface area contributed by atoms with E-state index in [1.54, 1.807) is 0 Å². The van der Waals surface area contributed by atoms with Gasteiger partial charge in [0, 0.05) is 25.5 Å². The number of hydrogen-bond acceptors (Lipinski definition) is 1. The van der Waals surface area contributed by atoms with E-state index in [2.05, 4.69) is 17.6 Å². The van der Waals surface area contributed by atoms with E-state index in [1.807, 2.05) is 29.9 Å². The summed E-state index contributed by atoms with van der Waals surface area (Å²) in [6, 6.07) is 3.86. The molecule has 0 saturated carbocycles. The summed E-state index contributed by atoms with van der Waals surface area (Å²) in [5.41, 5.74) is 1.10. The Hall–Kier alpha value is -1.45. The fourth-order valence-electron chi connectivity index (χ4n) is 1.29. The molecule has 0 unspecified atom stereocenters. The molecule has 4 nitrogen and oxygen atoms in total. The van der Waals surface area contributed by atoms with Crippen LogP contribution in [-0.2, 0) is 13.6 Å². The van der Waals surface area contributed by atoms with Crippen LogP contribution in [0.15, 0.2) is 18.3 Å². The van der Waals surface area contributed by atoms with Crippen LogP contribution in [-0.4, -0.2) is 17.1 Å². The topological polar surface area (TPSA) is 46.1 Å². The molecule has 0 spiro atoms. The lowest BCUT2D eigenvalue weighted by Crippen LogP contribution is -2.35. The number of amides is 2. The molecule has 4 heteroatoms. The maximum absolute atomic E-state index is 11.3. The first kappa shape index (κ1) is 11.6. The zero-order chi connectivity index (χ0) is 11.1. The van der Waals surface area contributed by atoms with Gasteiger partial charge < -0.3 is 15.2 Å². The minimum atomic E-state index is -0.0929. The quantitative estimate of drug-likeness (QED) is 0.711. The van der Waals surface area contributed by atoms with Crippen LogP contribution in [0.25, 0.3) is 0 Å². The van der Waals surface area contributed by atoms with Crippen molar-refractivity contribution < 1.29 is 4.79 Å². The van der Waals surface area contributed by atoms with Crippen molar-refractivity contribution in [3.05, 3.63) is 24.0 Å². The van der Waals surface area contributed by atoms with Crippen LogP contribution in [0.2, 0.25) is 0 Å². The fraction of sp³-hybridized carbons (Fsp3) is 0.545. The van der Waals surface area contributed by atoms with Gasteiger partial charge in [0.25, 0.3) is 0 Å². The summed E-state index contributed by atoms with van der Waals surface area (Å²) in [6.07, 6.45) is 4.08. The molecule has 0 aromatic carbocycles. The van der Waals surface area contributed by atoms with E-state index >= 15 is 0 Å². The SMILES string of the molecule is CCCCNC(=O)NCc1cccn1C. The first-order chi connectivity index (χ1) is 7.24. The van der Waals surface area contributed by atoms with Crippen LogP contribution in [0.5, 0.6) is 0 Å². The van der Waals surface area contributed by atoms with Crippen molar-refractivity contribution in [2.75, 3.05) is 6.54 Å². The molecule has 0 bridgehead atoms. The van der Waals surface area contributed by atoms with Crippen molar-refractivity contribution in [3.8, 4) is 0 Å². The summed E-state index contributed by atoms with van der Waals surface area (Å²) in [6.45, 7) is 3.42. The van der Waals surface area contributed by atoms with Crippen LogP contribution >= 0.6 is 0 Å². The Kier molecular flexibility index (Phi) is 4.74. The average Bonchev–Trinajstić information content (AvgIpc) is 2.61. The van der Waals surface area contributed by atoms with Crippen LogP contribution in [0.1, 0.15) is 25.5 Å². The molecule has 0 aliphatic heterocycles. The van der Waals surface area contributed by atoms with E-state index in [0.29, 0.717) is 6.54 Å². The first-order valence-corrected chi connectivity index (χ1v) is 5.36. The van der Waals surface area contributed by atoms with Gasteiger partial charge in [0.15, 0.2) is 0 Å². The van der Waals surface area contributed by atoms with E-state index < -0.39 is 0 Å². The van der Waals surface area contributed by atoms with Gasteiger partial charge >= 0.3 is 6.03 Å². The van der Waals surface area contributed by atoms with Gasteiger partial charge in [-0.25, -0.2) is 4.79 Å². The second kappa shape index (κ2) is 6.11. The standard InChI is InChI=1S/C11H19N3O/c1-3-4-7-12-11(15)13-9-10-6-5-8-14(10)2/h5-6,8H,3-4,7,9H2,1-2H3,(H2,12,13,15). The molecule has 0 aliphatic rings. The van der Waals surface area contributed by atoms with Gasteiger partial charge in [-0.2, -0.15) is 0 Å². The Morgan fingerprint density at radius 3 is 2.87 bits per heavy atom. The van der Waals surface area contributed by atoms with Crippen molar-refractivity contribution in [1.29, 1.82) is 0 Å². The molecule has 1 aromatic heterocycles. The number of nitrogens with zero attached hydrogens (tertiary/aromatic N) is 1. The van der Waals surface area contributed by atoms with Crippen LogP contribution < -0.4 is 10.6 Å². The van der Waals surface area contributed by atoms with Crippen LogP contribution in [0, 0.1) is 0 Å². The van der Waals surface area contributed by atoms with E-state index in [-0.39, 0.29) is 6.03 Å². The fourth-order valence-corrected chi connectivity index (χ4v) is 1.29. The monoisotopic (exact) mass is 209 g/mol. The van der Waals surface area contributed by atoms with Crippen LogP contribution in [0.3, 0.4) is 0 Å². The smallest absolute Gasteiger partial charge is 0.315 e. The summed E-state index contributed by atoms with van der Waals surface area (Å²) in [7, 11) is 1.96. The first-order valence-electron chi connectivity index (χ1n) is 5.36. The molecule has 1 rings (SSSR count). The Morgan fingerprint density at radius 1 is 1.47 bits per heavy atom. The molecule has 1 aromatic rings. The number of rotatable bonds is 5. The largest absolute Gasteiger partial charge is 0.353 e. The Morgan fingerprint density at radius 2 is 2.27 bits per heavy atom. The summed E-state index contributed by atoms with van der Waals surface area (Å²) in [5.74, 6) is 0. The number of aryl methyl sites for hydroxylation is 1. The Labute approximate surface area is 90.7 Å². The average molecular weight is 209 g/mol. The van der Waals surface area contributed by atoms with Gasteiger partial charge in [0.05, 0.1) is 6.54 Å². The molecule has 2 N–H and O–H groups in total. The normalized spacial score (nSPS) is 10.0. The predicted octanol–water partition coefficient (Wildman–Crippen LogP) is 1.62. The molecule has 1 heterocycles. The van der Waals surface area contributed by atoms with E-state index in [1.165, 1.54) is 0 Å². The predicted molar refractivity (Wildman–Crippen MR) is 60.6 cm³/mol. The number of nitrogens with one attached hydrogen (secondary N) is 2. The summed E-state index contributed by atoms with van der Waals surface area (Å²) in [5, 5.41) is 5.62. The van der Waals surface area contributed by atoms with E-state index in [9.17, 15) is 4.79 Å². The highest BCUT2D eigenvalue weighted by atomic mass is 16.2. The van der Waals surface area contributed by atoms with Crippen molar-refractivity contribution in [1.82, 2.24) is 15.2 Å².